The minimum absolute atomic E-state index is 0. The summed E-state index contributed by atoms with van der Waals surface area (Å²) in [6.07, 6.45) is 3.29. The highest BCUT2D eigenvalue weighted by Crippen LogP contribution is 2.13. The van der Waals surface area contributed by atoms with Gasteiger partial charge in [-0.2, -0.15) is 11.8 Å². The van der Waals surface area contributed by atoms with Crippen molar-refractivity contribution < 1.29 is 4.74 Å². The van der Waals surface area contributed by atoms with Gasteiger partial charge in [0.2, 0.25) is 0 Å². The first-order valence-corrected chi connectivity index (χ1v) is 7.15. The largest absolute Gasteiger partial charge is 0.381 e. The van der Waals surface area contributed by atoms with Crippen molar-refractivity contribution in [2.24, 2.45) is 10.9 Å². The molecule has 1 aliphatic heterocycles. The number of hydrogen-bond acceptors (Lipinski definition) is 3. The van der Waals surface area contributed by atoms with Crippen LogP contribution in [0.3, 0.4) is 0 Å². The van der Waals surface area contributed by atoms with E-state index in [4.69, 9.17) is 4.74 Å². The number of nitrogens with zero attached hydrogens (tertiary/aromatic N) is 2. The number of rotatable bonds is 5. The molecule has 1 unspecified atom stereocenters. The second kappa shape index (κ2) is 10.3. The Labute approximate surface area is 126 Å². The average molecular weight is 373 g/mol. The van der Waals surface area contributed by atoms with Gasteiger partial charge < -0.3 is 15.0 Å². The molecule has 1 aliphatic rings. The van der Waals surface area contributed by atoms with Crippen molar-refractivity contribution in [2.75, 3.05) is 52.4 Å². The monoisotopic (exact) mass is 373 g/mol. The molecule has 1 saturated heterocycles. The van der Waals surface area contributed by atoms with Crippen LogP contribution in [0.25, 0.3) is 0 Å². The van der Waals surface area contributed by atoms with E-state index >= 15 is 0 Å². The van der Waals surface area contributed by atoms with E-state index in [1.807, 2.05) is 18.8 Å². The molecule has 1 atom stereocenters. The lowest BCUT2D eigenvalue weighted by Crippen LogP contribution is -2.42. The molecular formula is C11H24IN3OS. The molecule has 0 aromatic carbocycles. The van der Waals surface area contributed by atoms with Gasteiger partial charge in [-0.25, -0.2) is 0 Å². The third kappa shape index (κ3) is 6.71. The van der Waals surface area contributed by atoms with Gasteiger partial charge in [-0.1, -0.05) is 0 Å². The predicted molar refractivity (Wildman–Crippen MR) is 86.7 cm³/mol. The molecular weight excluding hydrogens is 349 g/mol. The Morgan fingerprint density at radius 1 is 1.59 bits per heavy atom. The minimum atomic E-state index is 0. The van der Waals surface area contributed by atoms with Crippen molar-refractivity contribution in [3.63, 3.8) is 0 Å². The van der Waals surface area contributed by atoms with Crippen LogP contribution in [-0.2, 0) is 4.74 Å². The molecule has 1 fully saturated rings. The fraction of sp³-hybridized carbons (Fsp3) is 0.909. The molecule has 4 nitrogen and oxygen atoms in total. The average Bonchev–Trinajstić information content (AvgIpc) is 2.77. The lowest BCUT2D eigenvalue weighted by atomic mass is 10.1. The molecule has 0 aromatic heterocycles. The van der Waals surface area contributed by atoms with Crippen LogP contribution in [0.4, 0.5) is 0 Å². The van der Waals surface area contributed by atoms with Crippen molar-refractivity contribution in [3.8, 4) is 0 Å². The molecule has 102 valence electrons. The van der Waals surface area contributed by atoms with Gasteiger partial charge in [0, 0.05) is 45.5 Å². The normalized spacial score (nSPS) is 19.9. The van der Waals surface area contributed by atoms with E-state index < -0.39 is 0 Å². The van der Waals surface area contributed by atoms with E-state index in [9.17, 15) is 0 Å². The standard InChI is InChI=1S/C11H23N3OS.HI/c1-12-11(13-5-7-16-3)14(2)8-10-4-6-15-9-10;/h10H,4-9H2,1-3H3,(H,12,13);1H. The fourth-order valence-electron chi connectivity index (χ4n) is 1.85. The van der Waals surface area contributed by atoms with Gasteiger partial charge in [0.1, 0.15) is 0 Å². The van der Waals surface area contributed by atoms with Gasteiger partial charge in [0.15, 0.2) is 5.96 Å². The molecule has 0 saturated carbocycles. The predicted octanol–water partition coefficient (Wildman–Crippen LogP) is 1.51. The molecule has 0 aromatic rings. The van der Waals surface area contributed by atoms with Crippen molar-refractivity contribution in [1.82, 2.24) is 10.2 Å². The summed E-state index contributed by atoms with van der Waals surface area (Å²) >= 11 is 1.84. The number of nitrogens with one attached hydrogen (secondary N) is 1. The molecule has 1 heterocycles. The van der Waals surface area contributed by atoms with Crippen LogP contribution in [0, 0.1) is 5.92 Å². The summed E-state index contributed by atoms with van der Waals surface area (Å²) in [5.41, 5.74) is 0. The van der Waals surface area contributed by atoms with Crippen LogP contribution >= 0.6 is 35.7 Å². The zero-order valence-corrected chi connectivity index (χ0v) is 14.1. The van der Waals surface area contributed by atoms with Crippen molar-refractivity contribution in [3.05, 3.63) is 0 Å². The Bertz CT molecular complexity index is 223. The summed E-state index contributed by atoms with van der Waals surface area (Å²) in [4.78, 5) is 6.48. The Hall–Kier alpha value is 0.310. The molecule has 17 heavy (non-hydrogen) atoms. The van der Waals surface area contributed by atoms with Gasteiger partial charge in [-0.05, 0) is 12.7 Å². The van der Waals surface area contributed by atoms with Gasteiger partial charge in [-0.15, -0.1) is 24.0 Å². The number of halogens is 1. The highest BCUT2D eigenvalue weighted by atomic mass is 127. The van der Waals surface area contributed by atoms with E-state index in [1.54, 1.807) is 0 Å². The third-order valence-electron chi connectivity index (χ3n) is 2.72. The highest BCUT2D eigenvalue weighted by Gasteiger charge is 2.18. The maximum atomic E-state index is 5.38. The van der Waals surface area contributed by atoms with Crippen LogP contribution in [-0.4, -0.2) is 63.3 Å². The highest BCUT2D eigenvalue weighted by molar-refractivity contribution is 14.0. The SMILES string of the molecule is CN=C(NCCSC)N(C)CC1CCOC1.I. The summed E-state index contributed by atoms with van der Waals surface area (Å²) in [5, 5.41) is 3.36. The third-order valence-corrected chi connectivity index (χ3v) is 3.33. The summed E-state index contributed by atoms with van der Waals surface area (Å²) < 4.78 is 5.38. The Morgan fingerprint density at radius 2 is 2.35 bits per heavy atom. The van der Waals surface area contributed by atoms with Crippen LogP contribution in [0.2, 0.25) is 0 Å². The zero-order valence-electron chi connectivity index (χ0n) is 10.9. The summed E-state index contributed by atoms with van der Waals surface area (Å²) in [6, 6.07) is 0. The minimum Gasteiger partial charge on any atom is -0.381 e. The topological polar surface area (TPSA) is 36.9 Å². The van der Waals surface area contributed by atoms with Gasteiger partial charge in [0.25, 0.3) is 0 Å². The van der Waals surface area contributed by atoms with Gasteiger partial charge in [-0.3, -0.25) is 4.99 Å². The van der Waals surface area contributed by atoms with Crippen molar-refractivity contribution in [2.45, 2.75) is 6.42 Å². The molecule has 0 bridgehead atoms. The lowest BCUT2D eigenvalue weighted by molar-refractivity contribution is 0.181. The van der Waals surface area contributed by atoms with E-state index in [2.05, 4.69) is 28.5 Å². The Kier molecular flexibility index (Phi) is 10.4. The van der Waals surface area contributed by atoms with Gasteiger partial charge >= 0.3 is 0 Å². The van der Waals surface area contributed by atoms with E-state index in [-0.39, 0.29) is 24.0 Å². The maximum Gasteiger partial charge on any atom is 0.193 e. The smallest absolute Gasteiger partial charge is 0.193 e. The first kappa shape index (κ1) is 17.3. The second-order valence-electron chi connectivity index (χ2n) is 4.08. The maximum absolute atomic E-state index is 5.38. The summed E-state index contributed by atoms with van der Waals surface area (Å²) in [5.74, 6) is 2.75. The van der Waals surface area contributed by atoms with Crippen LogP contribution in [0.1, 0.15) is 6.42 Å². The zero-order chi connectivity index (χ0) is 11.8. The number of aliphatic imine (C=N–C) groups is 1. The Balaban J connectivity index is 0.00000256. The second-order valence-corrected chi connectivity index (χ2v) is 5.06. The number of thioether (sulfide) groups is 1. The number of hydrogen-bond donors (Lipinski definition) is 1. The molecule has 1 rings (SSSR count). The van der Waals surface area contributed by atoms with Crippen molar-refractivity contribution in [1.29, 1.82) is 0 Å². The van der Waals surface area contributed by atoms with Crippen LogP contribution < -0.4 is 5.32 Å². The number of ether oxygens (including phenoxy) is 1. The van der Waals surface area contributed by atoms with Crippen molar-refractivity contribution >= 4 is 41.7 Å². The molecule has 1 N–H and O–H groups in total. The van der Waals surface area contributed by atoms with Crippen LogP contribution in [0.5, 0.6) is 0 Å². The number of guanidine groups is 1. The molecule has 0 amide bonds. The van der Waals surface area contributed by atoms with E-state index in [1.165, 1.54) is 6.42 Å². The lowest BCUT2D eigenvalue weighted by Gasteiger charge is -2.24. The quantitative estimate of drug-likeness (QED) is 0.343. The fourth-order valence-corrected chi connectivity index (χ4v) is 2.16. The first-order valence-electron chi connectivity index (χ1n) is 5.76. The van der Waals surface area contributed by atoms with E-state index in [0.29, 0.717) is 5.92 Å². The first-order chi connectivity index (χ1) is 7.77. The molecule has 0 aliphatic carbocycles. The van der Waals surface area contributed by atoms with E-state index in [0.717, 1.165) is 38.0 Å². The molecule has 0 spiro atoms. The van der Waals surface area contributed by atoms with Crippen LogP contribution in [0.15, 0.2) is 4.99 Å². The molecule has 0 radical (unpaired) electrons. The Morgan fingerprint density at radius 3 is 2.88 bits per heavy atom. The molecule has 6 heteroatoms. The van der Waals surface area contributed by atoms with Gasteiger partial charge in [0.05, 0.1) is 6.61 Å². The summed E-state index contributed by atoms with van der Waals surface area (Å²) in [6.45, 7) is 3.81. The summed E-state index contributed by atoms with van der Waals surface area (Å²) in [7, 11) is 3.93.